The Bertz CT molecular complexity index is 503. The van der Waals surface area contributed by atoms with Gasteiger partial charge in [0.2, 0.25) is 5.91 Å². The van der Waals surface area contributed by atoms with Crippen LogP contribution in [0.15, 0.2) is 16.5 Å². The molecule has 1 heterocycles. The Kier molecular flexibility index (Phi) is 2.60. The van der Waals surface area contributed by atoms with Crippen molar-refractivity contribution in [2.75, 3.05) is 0 Å². The highest BCUT2D eigenvalue weighted by Crippen LogP contribution is 2.75. The van der Waals surface area contributed by atoms with Crippen LogP contribution >= 0.6 is 0 Å². The highest BCUT2D eigenvalue weighted by atomic mass is 16.3. The molecule has 3 heteroatoms. The number of rotatable bonds is 4. The topological polar surface area (TPSA) is 42.2 Å². The van der Waals surface area contributed by atoms with Gasteiger partial charge in [-0.3, -0.25) is 4.79 Å². The largest absolute Gasteiger partial charge is 0.464 e. The van der Waals surface area contributed by atoms with Crippen LogP contribution < -0.4 is 5.32 Å². The van der Waals surface area contributed by atoms with Gasteiger partial charge >= 0.3 is 0 Å². The van der Waals surface area contributed by atoms with Crippen LogP contribution in [0.4, 0.5) is 0 Å². The Morgan fingerprint density at radius 1 is 1.47 bits per heavy atom. The van der Waals surface area contributed by atoms with Crippen molar-refractivity contribution >= 4 is 5.91 Å². The van der Waals surface area contributed by atoms with E-state index in [0.29, 0.717) is 5.92 Å². The zero-order chi connectivity index (χ0) is 13.8. The van der Waals surface area contributed by atoms with Gasteiger partial charge in [0.05, 0.1) is 11.5 Å². The molecule has 1 amide bonds. The van der Waals surface area contributed by atoms with Gasteiger partial charge in [0.15, 0.2) is 0 Å². The van der Waals surface area contributed by atoms with Gasteiger partial charge in [-0.25, -0.2) is 0 Å². The molecule has 1 aromatic rings. The predicted octanol–water partition coefficient (Wildman–Crippen LogP) is 3.46. The molecule has 1 aromatic heterocycles. The fraction of sp³-hybridized carbons (Fsp3) is 0.688. The van der Waals surface area contributed by atoms with Crippen LogP contribution in [0.25, 0.3) is 0 Å². The van der Waals surface area contributed by atoms with Crippen LogP contribution in [-0.4, -0.2) is 5.91 Å². The molecule has 0 spiro atoms. The molecule has 1 unspecified atom stereocenters. The summed E-state index contributed by atoms with van der Waals surface area (Å²) >= 11 is 0. The number of carbonyl (C=O) groups excluding carboxylic acids is 1. The first-order valence-electron chi connectivity index (χ1n) is 7.26. The number of nitrogens with one attached hydrogen (secondary N) is 1. The van der Waals surface area contributed by atoms with Crippen LogP contribution in [0.3, 0.4) is 0 Å². The lowest BCUT2D eigenvalue weighted by molar-refractivity contribution is -0.126. The van der Waals surface area contributed by atoms with Crippen LogP contribution in [0.5, 0.6) is 0 Å². The average molecular weight is 261 g/mol. The molecule has 0 aromatic carbocycles. The molecule has 3 nitrogen and oxygen atoms in total. The number of amides is 1. The minimum Gasteiger partial charge on any atom is -0.464 e. The number of furan rings is 1. The molecule has 1 atom stereocenters. The number of carbonyl (C=O) groups is 1. The van der Waals surface area contributed by atoms with Crippen molar-refractivity contribution in [2.24, 2.45) is 16.7 Å². The predicted molar refractivity (Wildman–Crippen MR) is 73.6 cm³/mol. The Labute approximate surface area is 114 Å². The third-order valence-corrected chi connectivity index (χ3v) is 4.59. The molecule has 2 aliphatic rings. The Morgan fingerprint density at radius 3 is 2.53 bits per heavy atom. The van der Waals surface area contributed by atoms with Crippen molar-refractivity contribution < 1.29 is 9.21 Å². The summed E-state index contributed by atoms with van der Waals surface area (Å²) in [7, 11) is 0. The first kappa shape index (κ1) is 12.8. The van der Waals surface area contributed by atoms with Gasteiger partial charge < -0.3 is 9.73 Å². The maximum absolute atomic E-state index is 12.3. The molecule has 0 saturated heterocycles. The Balaban J connectivity index is 1.79. The van der Waals surface area contributed by atoms with Crippen LogP contribution in [0, 0.1) is 16.7 Å². The number of hydrogen-bond donors (Lipinski definition) is 1. The maximum Gasteiger partial charge on any atom is 0.227 e. The Hall–Kier alpha value is -1.25. The zero-order valence-electron chi connectivity index (χ0n) is 12.2. The number of fused-ring (bicyclic) bond motifs is 1. The fourth-order valence-electron chi connectivity index (χ4n) is 2.80. The summed E-state index contributed by atoms with van der Waals surface area (Å²) in [5, 5.41) is 3.22. The standard InChI is InChI=1S/C16H23NO2/c1-5-11-6-7-12(19-11)13(15(2,3)4)17-14(18)16-8-10(16)9-16/h6-7,10,13H,5,8-9H2,1-4H3,(H,17,18). The summed E-state index contributed by atoms with van der Waals surface area (Å²) in [5.41, 5.74) is -0.0296. The van der Waals surface area contributed by atoms with Gasteiger partial charge in [0.1, 0.15) is 11.5 Å². The van der Waals surface area contributed by atoms with E-state index >= 15 is 0 Å². The lowest BCUT2D eigenvalue weighted by Crippen LogP contribution is -2.38. The van der Waals surface area contributed by atoms with Crippen molar-refractivity contribution in [3.8, 4) is 0 Å². The summed E-state index contributed by atoms with van der Waals surface area (Å²) in [6, 6.07) is 3.97. The second-order valence-corrected chi connectivity index (χ2v) is 7.19. The zero-order valence-corrected chi connectivity index (χ0v) is 12.2. The molecule has 0 bridgehead atoms. The summed E-state index contributed by atoms with van der Waals surface area (Å²) in [6.45, 7) is 8.49. The number of hydrogen-bond acceptors (Lipinski definition) is 2. The third-order valence-electron chi connectivity index (χ3n) is 4.59. The van der Waals surface area contributed by atoms with Crippen molar-refractivity contribution in [3.05, 3.63) is 23.7 Å². The molecule has 104 valence electrons. The Morgan fingerprint density at radius 2 is 2.11 bits per heavy atom. The van der Waals surface area contributed by atoms with E-state index < -0.39 is 0 Å². The molecule has 2 saturated carbocycles. The maximum atomic E-state index is 12.3. The van der Waals surface area contributed by atoms with Crippen molar-refractivity contribution in [2.45, 2.75) is 53.0 Å². The van der Waals surface area contributed by atoms with E-state index in [4.69, 9.17) is 4.42 Å². The van der Waals surface area contributed by atoms with E-state index in [0.717, 1.165) is 30.8 Å². The second-order valence-electron chi connectivity index (χ2n) is 7.19. The molecule has 19 heavy (non-hydrogen) atoms. The van der Waals surface area contributed by atoms with E-state index in [1.165, 1.54) is 0 Å². The normalized spacial score (nSPS) is 29.6. The van der Waals surface area contributed by atoms with E-state index in [1.54, 1.807) is 0 Å². The first-order chi connectivity index (χ1) is 8.87. The smallest absolute Gasteiger partial charge is 0.227 e. The van der Waals surface area contributed by atoms with Gasteiger partial charge in [-0.15, -0.1) is 0 Å². The fourth-order valence-corrected chi connectivity index (χ4v) is 2.80. The quantitative estimate of drug-likeness (QED) is 0.902. The van der Waals surface area contributed by atoms with Crippen LogP contribution in [0.2, 0.25) is 0 Å². The van der Waals surface area contributed by atoms with Gasteiger partial charge in [-0.1, -0.05) is 27.7 Å². The molecular weight excluding hydrogens is 238 g/mol. The average Bonchev–Trinajstić information content (AvgIpc) is 3.12. The molecule has 1 N–H and O–H groups in total. The molecule has 2 fully saturated rings. The molecular formula is C16H23NO2. The van der Waals surface area contributed by atoms with Crippen LogP contribution in [-0.2, 0) is 11.2 Å². The second kappa shape index (κ2) is 3.87. The van der Waals surface area contributed by atoms with E-state index in [9.17, 15) is 4.79 Å². The molecule has 3 rings (SSSR count). The summed E-state index contributed by atoms with van der Waals surface area (Å²) in [5.74, 6) is 2.77. The molecule has 0 aliphatic heterocycles. The monoisotopic (exact) mass is 261 g/mol. The number of aryl methyl sites for hydroxylation is 1. The minimum atomic E-state index is -0.0472. The van der Waals surface area contributed by atoms with Crippen LogP contribution in [0.1, 0.15) is 58.1 Å². The van der Waals surface area contributed by atoms with Crippen molar-refractivity contribution in [1.29, 1.82) is 0 Å². The third kappa shape index (κ3) is 2.09. The van der Waals surface area contributed by atoms with E-state index in [1.807, 2.05) is 12.1 Å². The van der Waals surface area contributed by atoms with Crippen molar-refractivity contribution in [3.63, 3.8) is 0 Å². The minimum absolute atomic E-state index is 0.0175. The van der Waals surface area contributed by atoms with Gasteiger partial charge in [-0.05, 0) is 36.3 Å². The summed E-state index contributed by atoms with van der Waals surface area (Å²) in [6.07, 6.45) is 3.07. The SMILES string of the molecule is CCc1ccc(C(NC(=O)C23CC2C3)C(C)(C)C)o1. The molecule has 0 radical (unpaired) electrons. The van der Waals surface area contributed by atoms with E-state index in [2.05, 4.69) is 33.0 Å². The van der Waals surface area contributed by atoms with Gasteiger partial charge in [0.25, 0.3) is 0 Å². The first-order valence-corrected chi connectivity index (χ1v) is 7.26. The lowest BCUT2D eigenvalue weighted by atomic mass is 9.85. The molecule has 2 aliphatic carbocycles. The van der Waals surface area contributed by atoms with Gasteiger partial charge in [0, 0.05) is 6.42 Å². The highest BCUT2D eigenvalue weighted by molar-refractivity contribution is 5.90. The van der Waals surface area contributed by atoms with E-state index in [-0.39, 0.29) is 22.8 Å². The summed E-state index contributed by atoms with van der Waals surface area (Å²) in [4.78, 5) is 12.3. The lowest BCUT2D eigenvalue weighted by Gasteiger charge is -2.30. The summed E-state index contributed by atoms with van der Waals surface area (Å²) < 4.78 is 5.85. The van der Waals surface area contributed by atoms with Gasteiger partial charge in [-0.2, -0.15) is 0 Å². The van der Waals surface area contributed by atoms with Crippen molar-refractivity contribution in [1.82, 2.24) is 5.32 Å². The highest BCUT2D eigenvalue weighted by Gasteiger charge is 2.74.